The standard InChI is InChI=1S/C19H21N3O5S/c1-3-26-13-8-6-5-7-11(13)15-12(9-20)18(28-10-14(21)23)22-17(24)16(15)19(25)27-4-2/h5-8,15-16H,3-4,10H2,1-2H3,(H2,21,23)(H,22,24)/t15-,16-/m0/s1. The van der Waals surface area contributed by atoms with Crippen LogP contribution >= 0.6 is 11.8 Å². The maximum atomic E-state index is 12.8. The number of allylic oxidation sites excluding steroid dienone is 1. The van der Waals surface area contributed by atoms with Crippen molar-refractivity contribution in [2.75, 3.05) is 19.0 Å². The molecule has 0 saturated carbocycles. The number of nitrogens with one attached hydrogen (secondary N) is 1. The summed E-state index contributed by atoms with van der Waals surface area (Å²) in [5, 5.41) is 12.6. The molecule has 0 aliphatic carbocycles. The maximum Gasteiger partial charge on any atom is 0.319 e. The summed E-state index contributed by atoms with van der Waals surface area (Å²) in [6.45, 7) is 3.91. The first-order valence-electron chi connectivity index (χ1n) is 8.69. The van der Waals surface area contributed by atoms with Crippen LogP contribution in [-0.2, 0) is 19.1 Å². The fourth-order valence-electron chi connectivity index (χ4n) is 2.93. The minimum Gasteiger partial charge on any atom is -0.494 e. The molecule has 0 radical (unpaired) electrons. The largest absolute Gasteiger partial charge is 0.494 e. The first kappa shape index (κ1) is 21.3. The molecule has 2 amide bonds. The molecule has 0 bridgehead atoms. The second kappa shape index (κ2) is 9.80. The smallest absolute Gasteiger partial charge is 0.319 e. The van der Waals surface area contributed by atoms with Gasteiger partial charge >= 0.3 is 5.97 Å². The Morgan fingerprint density at radius 3 is 2.61 bits per heavy atom. The number of ether oxygens (including phenoxy) is 2. The molecule has 0 spiro atoms. The predicted octanol–water partition coefficient (Wildman–Crippen LogP) is 1.43. The lowest BCUT2D eigenvalue weighted by molar-refractivity contribution is -0.152. The molecule has 2 rings (SSSR count). The Morgan fingerprint density at radius 2 is 2.00 bits per heavy atom. The van der Waals surface area contributed by atoms with Gasteiger partial charge in [-0.1, -0.05) is 30.0 Å². The Morgan fingerprint density at radius 1 is 1.29 bits per heavy atom. The summed E-state index contributed by atoms with van der Waals surface area (Å²) in [4.78, 5) is 36.5. The van der Waals surface area contributed by atoms with Crippen LogP contribution in [0, 0.1) is 17.2 Å². The van der Waals surface area contributed by atoms with E-state index in [9.17, 15) is 19.6 Å². The van der Waals surface area contributed by atoms with E-state index in [1.54, 1.807) is 31.2 Å². The zero-order chi connectivity index (χ0) is 20.7. The van der Waals surface area contributed by atoms with Crippen molar-refractivity contribution in [1.29, 1.82) is 5.26 Å². The molecule has 0 fully saturated rings. The number of hydrogen-bond donors (Lipinski definition) is 2. The van der Waals surface area contributed by atoms with E-state index in [4.69, 9.17) is 15.2 Å². The number of nitriles is 1. The number of nitrogens with zero attached hydrogens (tertiary/aromatic N) is 1. The van der Waals surface area contributed by atoms with Crippen molar-refractivity contribution >= 4 is 29.5 Å². The van der Waals surface area contributed by atoms with Gasteiger partial charge in [-0.2, -0.15) is 5.26 Å². The Bertz CT molecular complexity index is 846. The Balaban J connectivity index is 2.64. The molecule has 1 aliphatic heterocycles. The van der Waals surface area contributed by atoms with Gasteiger partial charge in [0.25, 0.3) is 0 Å². The lowest BCUT2D eigenvalue weighted by Gasteiger charge is -2.31. The van der Waals surface area contributed by atoms with Gasteiger partial charge in [-0.25, -0.2) is 0 Å². The molecule has 1 aromatic carbocycles. The molecule has 2 atom stereocenters. The molecule has 3 N–H and O–H groups in total. The van der Waals surface area contributed by atoms with E-state index < -0.39 is 29.6 Å². The summed E-state index contributed by atoms with van der Waals surface area (Å²) in [6, 6.07) is 8.97. The summed E-state index contributed by atoms with van der Waals surface area (Å²) in [6.07, 6.45) is 0. The van der Waals surface area contributed by atoms with Crippen molar-refractivity contribution in [1.82, 2.24) is 5.32 Å². The number of esters is 1. The van der Waals surface area contributed by atoms with Crippen LogP contribution in [0.1, 0.15) is 25.3 Å². The van der Waals surface area contributed by atoms with Gasteiger partial charge < -0.3 is 20.5 Å². The number of rotatable bonds is 8. The molecule has 1 aromatic rings. The number of nitrogens with two attached hydrogens (primary N) is 1. The quantitative estimate of drug-likeness (QED) is 0.496. The van der Waals surface area contributed by atoms with Gasteiger partial charge in [0.2, 0.25) is 11.8 Å². The van der Waals surface area contributed by atoms with E-state index in [2.05, 4.69) is 11.4 Å². The molecule has 148 valence electrons. The van der Waals surface area contributed by atoms with Gasteiger partial charge in [0.15, 0.2) is 0 Å². The van der Waals surface area contributed by atoms with Crippen molar-refractivity contribution in [3.63, 3.8) is 0 Å². The zero-order valence-electron chi connectivity index (χ0n) is 15.6. The molecule has 0 aromatic heterocycles. The SMILES string of the molecule is CCOC(=O)[C@@H]1C(=O)NC(SCC(N)=O)=C(C#N)[C@@H]1c1ccccc1OCC. The highest BCUT2D eigenvalue weighted by Crippen LogP contribution is 2.43. The van der Waals surface area contributed by atoms with Gasteiger partial charge in [0.1, 0.15) is 11.7 Å². The van der Waals surface area contributed by atoms with Crippen LogP contribution in [0.3, 0.4) is 0 Å². The third-order valence-electron chi connectivity index (χ3n) is 3.98. The minimum absolute atomic E-state index is 0.0946. The molecular formula is C19H21N3O5S. The number of hydrogen-bond acceptors (Lipinski definition) is 7. The van der Waals surface area contributed by atoms with Gasteiger partial charge in [-0.3, -0.25) is 14.4 Å². The van der Waals surface area contributed by atoms with Gasteiger partial charge in [0.05, 0.1) is 35.6 Å². The van der Waals surface area contributed by atoms with Crippen molar-refractivity contribution in [2.45, 2.75) is 19.8 Å². The van der Waals surface area contributed by atoms with Gasteiger partial charge in [-0.15, -0.1) is 0 Å². The van der Waals surface area contributed by atoms with E-state index in [0.717, 1.165) is 11.8 Å². The van der Waals surface area contributed by atoms with Crippen LogP contribution in [0.5, 0.6) is 5.75 Å². The van der Waals surface area contributed by atoms with Crippen LogP contribution < -0.4 is 15.8 Å². The topological polar surface area (TPSA) is 132 Å². The summed E-state index contributed by atoms with van der Waals surface area (Å²) in [5.74, 6) is -3.76. The van der Waals surface area contributed by atoms with Crippen LogP contribution in [0.15, 0.2) is 34.9 Å². The van der Waals surface area contributed by atoms with Crippen LogP contribution in [0.4, 0.5) is 0 Å². The highest BCUT2D eigenvalue weighted by atomic mass is 32.2. The predicted molar refractivity (Wildman–Crippen MR) is 103 cm³/mol. The molecule has 28 heavy (non-hydrogen) atoms. The molecule has 9 heteroatoms. The van der Waals surface area contributed by atoms with Crippen molar-refractivity contribution < 1.29 is 23.9 Å². The number of para-hydroxylation sites is 1. The monoisotopic (exact) mass is 403 g/mol. The average molecular weight is 403 g/mol. The number of thioether (sulfide) groups is 1. The van der Waals surface area contributed by atoms with Crippen LogP contribution in [0.2, 0.25) is 0 Å². The number of carbonyl (C=O) groups excluding carboxylic acids is 3. The fourth-order valence-corrected chi connectivity index (χ4v) is 3.72. The second-order valence-corrected chi connectivity index (χ2v) is 6.76. The number of carbonyl (C=O) groups is 3. The van der Waals surface area contributed by atoms with Crippen molar-refractivity contribution in [2.24, 2.45) is 11.7 Å². The molecule has 1 heterocycles. The first-order valence-corrected chi connectivity index (χ1v) is 9.67. The highest BCUT2D eigenvalue weighted by molar-refractivity contribution is 8.03. The molecular weight excluding hydrogens is 382 g/mol. The molecule has 8 nitrogen and oxygen atoms in total. The second-order valence-electron chi connectivity index (χ2n) is 5.78. The zero-order valence-corrected chi connectivity index (χ0v) is 16.4. The lowest BCUT2D eigenvalue weighted by Crippen LogP contribution is -2.44. The lowest BCUT2D eigenvalue weighted by atomic mass is 9.78. The molecule has 0 unspecified atom stereocenters. The van der Waals surface area contributed by atoms with Crippen LogP contribution in [-0.4, -0.2) is 36.8 Å². The first-order chi connectivity index (χ1) is 13.4. The van der Waals surface area contributed by atoms with E-state index >= 15 is 0 Å². The van der Waals surface area contributed by atoms with E-state index in [0.29, 0.717) is 17.9 Å². The van der Waals surface area contributed by atoms with Gasteiger partial charge in [0, 0.05) is 11.5 Å². The number of amides is 2. The third kappa shape index (κ3) is 4.64. The van der Waals surface area contributed by atoms with E-state index in [-0.39, 0.29) is 23.0 Å². The molecule has 0 saturated heterocycles. The van der Waals surface area contributed by atoms with E-state index in [1.807, 2.05) is 6.92 Å². The fraction of sp³-hybridized carbons (Fsp3) is 0.368. The third-order valence-corrected chi connectivity index (χ3v) is 5.02. The van der Waals surface area contributed by atoms with Crippen molar-refractivity contribution in [3.8, 4) is 11.8 Å². The summed E-state index contributed by atoms with van der Waals surface area (Å²) in [5.41, 5.74) is 5.85. The minimum atomic E-state index is -1.26. The molecule has 1 aliphatic rings. The number of primary amides is 1. The summed E-state index contributed by atoms with van der Waals surface area (Å²) >= 11 is 0.944. The summed E-state index contributed by atoms with van der Waals surface area (Å²) in [7, 11) is 0. The van der Waals surface area contributed by atoms with Gasteiger partial charge in [-0.05, 0) is 19.9 Å². The van der Waals surface area contributed by atoms with E-state index in [1.165, 1.54) is 0 Å². The average Bonchev–Trinajstić information content (AvgIpc) is 2.66. The Hall–Kier alpha value is -2.99. The van der Waals surface area contributed by atoms with Crippen LogP contribution in [0.25, 0.3) is 0 Å². The van der Waals surface area contributed by atoms with Crippen molar-refractivity contribution in [3.05, 3.63) is 40.4 Å². The maximum absolute atomic E-state index is 12.8. The number of benzene rings is 1. The highest BCUT2D eigenvalue weighted by Gasteiger charge is 2.45. The summed E-state index contributed by atoms with van der Waals surface area (Å²) < 4.78 is 10.7. The Labute approximate surface area is 167 Å². The Kier molecular flexibility index (Phi) is 7.46. The normalized spacial score (nSPS) is 18.8.